The maximum atomic E-state index is 13.3. The van der Waals surface area contributed by atoms with Gasteiger partial charge in [-0.2, -0.15) is 0 Å². The van der Waals surface area contributed by atoms with Gasteiger partial charge in [-0.05, 0) is 27.1 Å². The van der Waals surface area contributed by atoms with Gasteiger partial charge in [0.1, 0.15) is 0 Å². The largest absolute Gasteiger partial charge is 0.309 e. The molecule has 0 fully saturated rings. The number of nitrogens with zero attached hydrogens (tertiary/aromatic N) is 1. The highest BCUT2D eigenvalue weighted by Gasteiger charge is 2.08. The van der Waals surface area contributed by atoms with Crippen molar-refractivity contribution in [3.05, 3.63) is 35.4 Å². The Hall–Kier alpha value is -1.00. The molecular formula is C12H18F2N2. The Bertz CT molecular complexity index is 340. The van der Waals surface area contributed by atoms with Crippen molar-refractivity contribution in [2.75, 3.05) is 20.6 Å². The molecule has 0 amide bonds. The van der Waals surface area contributed by atoms with Crippen LogP contribution in [0.5, 0.6) is 0 Å². The van der Waals surface area contributed by atoms with E-state index in [0.29, 0.717) is 12.1 Å². The van der Waals surface area contributed by atoms with Crippen LogP contribution >= 0.6 is 0 Å². The average Bonchev–Trinajstić information content (AvgIpc) is 2.19. The van der Waals surface area contributed by atoms with E-state index >= 15 is 0 Å². The highest BCUT2D eigenvalue weighted by Crippen LogP contribution is 2.11. The van der Waals surface area contributed by atoms with Crippen LogP contribution in [0.3, 0.4) is 0 Å². The van der Waals surface area contributed by atoms with Crippen molar-refractivity contribution in [3.8, 4) is 0 Å². The molecule has 0 bridgehead atoms. The Kier molecular flexibility index (Phi) is 4.83. The van der Waals surface area contributed by atoms with Gasteiger partial charge in [0, 0.05) is 24.7 Å². The molecule has 2 nitrogen and oxygen atoms in total. The van der Waals surface area contributed by atoms with E-state index in [1.807, 2.05) is 25.9 Å². The van der Waals surface area contributed by atoms with Crippen molar-refractivity contribution in [2.45, 2.75) is 19.5 Å². The van der Waals surface area contributed by atoms with Crippen LogP contribution in [0.4, 0.5) is 8.78 Å². The summed E-state index contributed by atoms with van der Waals surface area (Å²) in [6.07, 6.45) is 0. The third kappa shape index (κ3) is 3.87. The summed E-state index contributed by atoms with van der Waals surface area (Å²) in [5.41, 5.74) is 0.366. The SMILES string of the molecule is CC(CN(C)C)NCc1cccc(F)c1F. The standard InChI is InChI=1S/C12H18F2N2/c1-9(8-16(2)3)15-7-10-5-4-6-11(13)12(10)14/h4-6,9,15H,7-8H2,1-3H3. The fourth-order valence-corrected chi connectivity index (χ4v) is 1.58. The molecule has 0 saturated carbocycles. The zero-order valence-electron chi connectivity index (χ0n) is 9.93. The molecule has 0 radical (unpaired) electrons. The lowest BCUT2D eigenvalue weighted by Gasteiger charge is -2.18. The van der Waals surface area contributed by atoms with Gasteiger partial charge in [-0.3, -0.25) is 0 Å². The zero-order valence-corrected chi connectivity index (χ0v) is 9.93. The van der Waals surface area contributed by atoms with Crippen molar-refractivity contribution < 1.29 is 8.78 Å². The van der Waals surface area contributed by atoms with Crippen LogP contribution in [0.1, 0.15) is 12.5 Å². The number of hydrogen-bond donors (Lipinski definition) is 1. The average molecular weight is 228 g/mol. The van der Waals surface area contributed by atoms with E-state index in [4.69, 9.17) is 0 Å². The van der Waals surface area contributed by atoms with E-state index in [9.17, 15) is 8.78 Å². The Morgan fingerprint density at radius 2 is 2.00 bits per heavy atom. The maximum absolute atomic E-state index is 13.3. The van der Waals surface area contributed by atoms with Gasteiger partial charge in [-0.1, -0.05) is 12.1 Å². The van der Waals surface area contributed by atoms with Crippen molar-refractivity contribution in [1.29, 1.82) is 0 Å². The number of halogens is 2. The molecule has 16 heavy (non-hydrogen) atoms. The molecule has 4 heteroatoms. The smallest absolute Gasteiger partial charge is 0.163 e. The molecule has 0 aliphatic heterocycles. The Morgan fingerprint density at radius 1 is 1.31 bits per heavy atom. The quantitative estimate of drug-likeness (QED) is 0.829. The van der Waals surface area contributed by atoms with Gasteiger partial charge in [0.2, 0.25) is 0 Å². The Balaban J connectivity index is 2.51. The van der Waals surface area contributed by atoms with Crippen molar-refractivity contribution in [1.82, 2.24) is 10.2 Å². The molecule has 0 aromatic heterocycles. The summed E-state index contributed by atoms with van der Waals surface area (Å²) >= 11 is 0. The van der Waals surface area contributed by atoms with Gasteiger partial charge < -0.3 is 10.2 Å². The van der Waals surface area contributed by atoms with Crippen molar-refractivity contribution in [2.24, 2.45) is 0 Å². The molecule has 0 saturated heterocycles. The minimum absolute atomic E-state index is 0.234. The van der Waals surface area contributed by atoms with Gasteiger partial charge in [-0.25, -0.2) is 8.78 Å². The molecule has 1 aromatic rings. The second-order valence-electron chi connectivity index (χ2n) is 4.26. The minimum atomic E-state index is -0.792. The Morgan fingerprint density at radius 3 is 2.62 bits per heavy atom. The summed E-state index contributed by atoms with van der Waals surface area (Å²) in [5.74, 6) is -1.55. The molecule has 0 aliphatic carbocycles. The molecule has 90 valence electrons. The minimum Gasteiger partial charge on any atom is -0.309 e. The predicted molar refractivity (Wildman–Crippen MR) is 61.2 cm³/mol. The summed E-state index contributed by atoms with van der Waals surface area (Å²) in [6, 6.07) is 4.47. The van der Waals surface area contributed by atoms with Gasteiger partial charge in [0.15, 0.2) is 11.6 Å². The number of likely N-dealkylation sites (N-methyl/N-ethyl adjacent to an activating group) is 1. The van der Waals surface area contributed by atoms with Crippen LogP contribution in [0.15, 0.2) is 18.2 Å². The summed E-state index contributed by atoms with van der Waals surface area (Å²) in [5, 5.41) is 3.15. The highest BCUT2D eigenvalue weighted by molar-refractivity contribution is 5.18. The zero-order chi connectivity index (χ0) is 12.1. The molecule has 1 atom stereocenters. The second kappa shape index (κ2) is 5.92. The van der Waals surface area contributed by atoms with E-state index in [0.717, 1.165) is 12.6 Å². The lowest BCUT2D eigenvalue weighted by atomic mass is 10.2. The van der Waals surface area contributed by atoms with E-state index in [1.54, 1.807) is 6.07 Å². The molecular weight excluding hydrogens is 210 g/mol. The lowest BCUT2D eigenvalue weighted by Crippen LogP contribution is -2.35. The fourth-order valence-electron chi connectivity index (χ4n) is 1.58. The molecule has 1 N–H and O–H groups in total. The summed E-state index contributed by atoms with van der Waals surface area (Å²) in [6.45, 7) is 3.22. The van der Waals surface area contributed by atoms with Crippen LogP contribution in [-0.4, -0.2) is 31.6 Å². The van der Waals surface area contributed by atoms with E-state index in [2.05, 4.69) is 5.32 Å². The van der Waals surface area contributed by atoms with Crippen LogP contribution in [0.2, 0.25) is 0 Å². The predicted octanol–water partition coefficient (Wildman–Crippen LogP) is 2.00. The van der Waals surface area contributed by atoms with Crippen LogP contribution in [0, 0.1) is 11.6 Å². The number of hydrogen-bond acceptors (Lipinski definition) is 2. The number of nitrogens with one attached hydrogen (secondary N) is 1. The topological polar surface area (TPSA) is 15.3 Å². The second-order valence-corrected chi connectivity index (χ2v) is 4.26. The Labute approximate surface area is 95.3 Å². The van der Waals surface area contributed by atoms with Gasteiger partial charge in [0.25, 0.3) is 0 Å². The normalized spacial score (nSPS) is 13.1. The van der Waals surface area contributed by atoms with Gasteiger partial charge in [-0.15, -0.1) is 0 Å². The summed E-state index contributed by atoms with van der Waals surface area (Å²) in [4.78, 5) is 2.04. The van der Waals surface area contributed by atoms with Crippen LogP contribution < -0.4 is 5.32 Å². The third-order valence-corrected chi connectivity index (χ3v) is 2.31. The summed E-state index contributed by atoms with van der Waals surface area (Å²) < 4.78 is 26.2. The maximum Gasteiger partial charge on any atom is 0.163 e. The fraction of sp³-hybridized carbons (Fsp3) is 0.500. The van der Waals surface area contributed by atoms with Crippen LogP contribution in [-0.2, 0) is 6.54 Å². The van der Waals surface area contributed by atoms with Crippen molar-refractivity contribution in [3.63, 3.8) is 0 Å². The van der Waals surface area contributed by atoms with E-state index in [1.165, 1.54) is 6.07 Å². The number of benzene rings is 1. The molecule has 1 aromatic carbocycles. The third-order valence-electron chi connectivity index (χ3n) is 2.31. The molecule has 0 aliphatic rings. The molecule has 0 spiro atoms. The first-order valence-electron chi connectivity index (χ1n) is 5.31. The monoisotopic (exact) mass is 228 g/mol. The highest BCUT2D eigenvalue weighted by atomic mass is 19.2. The van der Waals surface area contributed by atoms with E-state index in [-0.39, 0.29) is 6.04 Å². The molecule has 1 unspecified atom stereocenters. The van der Waals surface area contributed by atoms with Gasteiger partial charge >= 0.3 is 0 Å². The van der Waals surface area contributed by atoms with Gasteiger partial charge in [0.05, 0.1) is 0 Å². The van der Waals surface area contributed by atoms with E-state index < -0.39 is 11.6 Å². The first kappa shape index (κ1) is 13.1. The lowest BCUT2D eigenvalue weighted by molar-refractivity contribution is 0.347. The number of rotatable bonds is 5. The molecule has 1 rings (SSSR count). The van der Waals surface area contributed by atoms with Crippen LogP contribution in [0.25, 0.3) is 0 Å². The van der Waals surface area contributed by atoms with Crippen molar-refractivity contribution >= 4 is 0 Å². The first-order chi connectivity index (χ1) is 7.50. The molecule has 0 heterocycles. The summed E-state index contributed by atoms with van der Waals surface area (Å²) in [7, 11) is 3.95. The first-order valence-corrected chi connectivity index (χ1v) is 5.31.